The lowest BCUT2D eigenvalue weighted by Crippen LogP contribution is -2.31. The SMILES string of the molecule is NC1=N[C@@]2(CO1)c1cc(-c3cccnc3F)ccc1Oc1ncc(C3=CCOCC3)cc12. The molecular weight excluding hydrogens is 411 g/mol. The minimum Gasteiger partial charge on any atom is -0.462 e. The first-order chi connectivity index (χ1) is 15.6. The Labute approximate surface area is 183 Å². The third kappa shape index (κ3) is 2.87. The molecule has 8 heteroatoms. The summed E-state index contributed by atoms with van der Waals surface area (Å²) in [4.78, 5) is 13.1. The van der Waals surface area contributed by atoms with Crippen LogP contribution in [0.25, 0.3) is 16.7 Å². The molecule has 7 nitrogen and oxygen atoms in total. The van der Waals surface area contributed by atoms with Gasteiger partial charge in [0.1, 0.15) is 12.4 Å². The van der Waals surface area contributed by atoms with E-state index in [0.717, 1.165) is 28.7 Å². The standard InChI is InChI=1S/C24H19FN4O3/c25-21-17(2-1-7-27-21)15-3-4-20-18(10-15)24(13-31-23(26)29-24)19-11-16(12-28-22(19)32-20)14-5-8-30-9-6-14/h1-5,7,10-12H,6,8-9,13H2,(H2,26,29)/t24-/m0/s1. The van der Waals surface area contributed by atoms with Crippen LogP contribution in [0.3, 0.4) is 0 Å². The molecule has 0 fully saturated rings. The lowest BCUT2D eigenvalue weighted by Gasteiger charge is -2.33. The van der Waals surface area contributed by atoms with Crippen LogP contribution in [0, 0.1) is 5.95 Å². The van der Waals surface area contributed by atoms with E-state index in [-0.39, 0.29) is 12.6 Å². The van der Waals surface area contributed by atoms with E-state index < -0.39 is 11.5 Å². The van der Waals surface area contributed by atoms with Crippen molar-refractivity contribution in [3.05, 3.63) is 77.5 Å². The summed E-state index contributed by atoms with van der Waals surface area (Å²) in [6.45, 7) is 1.45. The number of hydrogen-bond donors (Lipinski definition) is 1. The quantitative estimate of drug-likeness (QED) is 0.622. The van der Waals surface area contributed by atoms with E-state index in [4.69, 9.17) is 24.9 Å². The Balaban J connectivity index is 1.54. The van der Waals surface area contributed by atoms with E-state index in [1.54, 1.807) is 30.5 Å². The minimum absolute atomic E-state index is 0.0949. The van der Waals surface area contributed by atoms with Crippen LogP contribution >= 0.6 is 0 Å². The van der Waals surface area contributed by atoms with E-state index in [2.05, 4.69) is 16.0 Å². The van der Waals surface area contributed by atoms with Crippen LogP contribution in [0.15, 0.2) is 59.9 Å². The van der Waals surface area contributed by atoms with Crippen molar-refractivity contribution in [1.29, 1.82) is 0 Å². The maximum atomic E-state index is 14.4. The average Bonchev–Trinajstić information content (AvgIpc) is 3.22. The molecule has 3 aromatic rings. The van der Waals surface area contributed by atoms with Crippen molar-refractivity contribution in [2.45, 2.75) is 12.0 Å². The fourth-order valence-electron chi connectivity index (χ4n) is 4.46. The molecule has 0 aliphatic carbocycles. The second-order valence-electron chi connectivity index (χ2n) is 7.88. The second-order valence-corrected chi connectivity index (χ2v) is 7.88. The maximum absolute atomic E-state index is 14.4. The number of hydrogen-bond acceptors (Lipinski definition) is 7. The van der Waals surface area contributed by atoms with Gasteiger partial charge >= 0.3 is 0 Å². The van der Waals surface area contributed by atoms with Gasteiger partial charge in [-0.15, -0.1) is 0 Å². The van der Waals surface area contributed by atoms with Crippen molar-refractivity contribution in [2.24, 2.45) is 10.7 Å². The molecule has 0 bridgehead atoms. The molecule has 1 aromatic carbocycles. The second kappa shape index (κ2) is 7.13. The summed E-state index contributed by atoms with van der Waals surface area (Å²) in [5.74, 6) is 0.495. The highest BCUT2D eigenvalue weighted by molar-refractivity contribution is 5.78. The molecule has 0 saturated carbocycles. The van der Waals surface area contributed by atoms with E-state index in [0.29, 0.717) is 36.0 Å². The number of aromatic nitrogens is 2. The number of amidine groups is 1. The average molecular weight is 430 g/mol. The number of nitrogens with two attached hydrogens (primary N) is 1. The van der Waals surface area contributed by atoms with Crippen molar-refractivity contribution < 1.29 is 18.6 Å². The first-order valence-corrected chi connectivity index (χ1v) is 10.3. The largest absolute Gasteiger partial charge is 0.462 e. The Morgan fingerprint density at radius 3 is 2.75 bits per heavy atom. The lowest BCUT2D eigenvalue weighted by molar-refractivity contribution is 0.161. The third-order valence-corrected chi connectivity index (χ3v) is 6.06. The summed E-state index contributed by atoms with van der Waals surface area (Å²) in [5.41, 5.74) is 9.75. The van der Waals surface area contributed by atoms with Crippen LogP contribution in [0.1, 0.15) is 23.1 Å². The number of fused-ring (bicyclic) bond motifs is 4. The fourth-order valence-corrected chi connectivity index (χ4v) is 4.46. The van der Waals surface area contributed by atoms with Crippen molar-refractivity contribution in [3.8, 4) is 22.8 Å². The molecule has 0 radical (unpaired) electrons. The molecule has 1 spiro atoms. The third-order valence-electron chi connectivity index (χ3n) is 6.06. The predicted molar refractivity (Wildman–Crippen MR) is 116 cm³/mol. The topological polar surface area (TPSA) is 91.9 Å². The number of ether oxygens (including phenoxy) is 3. The molecule has 5 heterocycles. The summed E-state index contributed by atoms with van der Waals surface area (Å²) < 4.78 is 31.6. The number of aliphatic imine (C=N–C) groups is 1. The number of halogens is 1. The van der Waals surface area contributed by atoms with E-state index in [1.165, 1.54) is 6.20 Å². The van der Waals surface area contributed by atoms with Crippen LogP contribution in [-0.4, -0.2) is 35.8 Å². The minimum atomic E-state index is -0.934. The highest BCUT2D eigenvalue weighted by atomic mass is 19.1. The summed E-state index contributed by atoms with van der Waals surface area (Å²) in [7, 11) is 0. The monoisotopic (exact) mass is 430 g/mol. The molecule has 2 N–H and O–H groups in total. The van der Waals surface area contributed by atoms with Crippen LogP contribution in [-0.2, 0) is 15.0 Å². The molecule has 3 aliphatic rings. The molecule has 1 atom stereocenters. The molecule has 0 unspecified atom stereocenters. The van der Waals surface area contributed by atoms with Gasteiger partial charge in [0, 0.05) is 23.5 Å². The van der Waals surface area contributed by atoms with Gasteiger partial charge in [0.25, 0.3) is 6.02 Å². The molecule has 32 heavy (non-hydrogen) atoms. The highest BCUT2D eigenvalue weighted by Crippen LogP contribution is 2.51. The lowest BCUT2D eigenvalue weighted by atomic mass is 9.80. The van der Waals surface area contributed by atoms with Crippen LogP contribution in [0.4, 0.5) is 4.39 Å². The Hall–Kier alpha value is -3.78. The predicted octanol–water partition coefficient (Wildman–Crippen LogP) is 3.78. The van der Waals surface area contributed by atoms with E-state index in [1.807, 2.05) is 12.1 Å². The molecule has 2 aromatic heterocycles. The van der Waals surface area contributed by atoms with E-state index >= 15 is 0 Å². The van der Waals surface area contributed by atoms with Crippen LogP contribution in [0.5, 0.6) is 11.6 Å². The Kier molecular flexibility index (Phi) is 4.22. The zero-order chi connectivity index (χ0) is 21.7. The van der Waals surface area contributed by atoms with Crippen molar-refractivity contribution >= 4 is 11.6 Å². The van der Waals surface area contributed by atoms with Gasteiger partial charge in [-0.3, -0.25) is 0 Å². The summed E-state index contributed by atoms with van der Waals surface area (Å²) in [5, 5.41) is 0. The fraction of sp³-hybridized carbons (Fsp3) is 0.208. The van der Waals surface area contributed by atoms with Gasteiger partial charge in [-0.05, 0) is 53.5 Å². The van der Waals surface area contributed by atoms with Gasteiger partial charge in [-0.2, -0.15) is 4.39 Å². The molecule has 0 amide bonds. The summed E-state index contributed by atoms with van der Waals surface area (Å²) >= 11 is 0. The normalized spacial score (nSPS) is 21.2. The van der Waals surface area contributed by atoms with Crippen molar-refractivity contribution in [3.63, 3.8) is 0 Å². The molecular formula is C24H19FN4O3. The van der Waals surface area contributed by atoms with Gasteiger partial charge in [0.2, 0.25) is 11.8 Å². The first-order valence-electron chi connectivity index (χ1n) is 10.3. The summed E-state index contributed by atoms with van der Waals surface area (Å²) in [6, 6.07) is 11.0. The zero-order valence-electron chi connectivity index (χ0n) is 17.0. The number of rotatable bonds is 2. The van der Waals surface area contributed by atoms with Gasteiger partial charge in [-0.25, -0.2) is 15.0 Å². The van der Waals surface area contributed by atoms with Gasteiger partial charge < -0.3 is 19.9 Å². The Morgan fingerprint density at radius 1 is 1.06 bits per heavy atom. The molecule has 6 rings (SSSR count). The number of benzene rings is 1. The van der Waals surface area contributed by atoms with Crippen LogP contribution < -0.4 is 10.5 Å². The molecule has 3 aliphatic heterocycles. The number of pyridine rings is 2. The molecule has 0 saturated heterocycles. The van der Waals surface area contributed by atoms with Gasteiger partial charge in [-0.1, -0.05) is 12.1 Å². The summed E-state index contributed by atoms with van der Waals surface area (Å²) in [6.07, 6.45) is 6.09. The highest BCUT2D eigenvalue weighted by Gasteiger charge is 2.48. The van der Waals surface area contributed by atoms with Crippen molar-refractivity contribution in [2.75, 3.05) is 19.8 Å². The van der Waals surface area contributed by atoms with E-state index in [9.17, 15) is 4.39 Å². The molecule has 160 valence electrons. The Bertz CT molecular complexity index is 1310. The van der Waals surface area contributed by atoms with Crippen LogP contribution in [0.2, 0.25) is 0 Å². The first kappa shape index (κ1) is 18.9. The van der Waals surface area contributed by atoms with Gasteiger partial charge in [0.05, 0.1) is 18.8 Å². The zero-order valence-corrected chi connectivity index (χ0v) is 17.0. The number of nitrogens with zero attached hydrogens (tertiary/aromatic N) is 3. The Morgan fingerprint density at radius 2 is 1.97 bits per heavy atom. The van der Waals surface area contributed by atoms with Gasteiger partial charge in [0.15, 0.2) is 5.54 Å². The van der Waals surface area contributed by atoms with Crippen molar-refractivity contribution in [1.82, 2.24) is 9.97 Å². The maximum Gasteiger partial charge on any atom is 0.283 e. The smallest absolute Gasteiger partial charge is 0.283 e.